The topological polar surface area (TPSA) is 24.5 Å². The van der Waals surface area contributed by atoms with Gasteiger partial charge in [-0.3, -0.25) is 4.90 Å². The number of hydrogen-bond acceptors (Lipinski definition) is 3. The number of hydrogen-bond donors (Lipinski definition) is 1. The van der Waals surface area contributed by atoms with E-state index in [-0.39, 0.29) is 12.4 Å². The van der Waals surface area contributed by atoms with Gasteiger partial charge in [0.2, 0.25) is 0 Å². The predicted molar refractivity (Wildman–Crippen MR) is 87.6 cm³/mol. The van der Waals surface area contributed by atoms with Crippen LogP contribution in [0.2, 0.25) is 0 Å². The van der Waals surface area contributed by atoms with Gasteiger partial charge in [0, 0.05) is 32.2 Å². The molecular formula is C16H24ClF3N2O. The maximum atomic E-state index is 13.0. The van der Waals surface area contributed by atoms with Crippen LogP contribution in [0.25, 0.3) is 0 Å². The zero-order valence-electron chi connectivity index (χ0n) is 13.7. The molecule has 1 heterocycles. The first kappa shape index (κ1) is 20.1. The van der Waals surface area contributed by atoms with Gasteiger partial charge in [-0.25, -0.2) is 0 Å². The quantitative estimate of drug-likeness (QED) is 0.895. The number of rotatable bonds is 4. The first-order valence-electron chi connectivity index (χ1n) is 7.48. The smallest absolute Gasteiger partial charge is 0.390 e. The third-order valence-corrected chi connectivity index (χ3v) is 4.09. The van der Waals surface area contributed by atoms with Crippen molar-refractivity contribution in [2.24, 2.45) is 0 Å². The van der Waals surface area contributed by atoms with Crippen molar-refractivity contribution in [1.82, 2.24) is 10.2 Å². The monoisotopic (exact) mass is 352 g/mol. The summed E-state index contributed by atoms with van der Waals surface area (Å²) < 4.78 is 44.4. The summed E-state index contributed by atoms with van der Waals surface area (Å²) in [5.74, 6) is 0.745. The standard InChI is InChI=1S/C16H23F3N2O.ClH/c1-11-8-13(9-12(2)15(11)22-3)14(10-16(17,18)19)21-6-4-20-5-7-21;/h8-9,14,20H,4-7,10H2,1-3H3;1H/t14-;/m0./s1. The van der Waals surface area contributed by atoms with Crippen LogP contribution in [0.1, 0.15) is 29.2 Å². The van der Waals surface area contributed by atoms with Crippen LogP contribution in [-0.4, -0.2) is 44.4 Å². The van der Waals surface area contributed by atoms with Crippen LogP contribution < -0.4 is 10.1 Å². The van der Waals surface area contributed by atoms with Gasteiger partial charge in [-0.2, -0.15) is 13.2 Å². The van der Waals surface area contributed by atoms with Gasteiger partial charge in [0.25, 0.3) is 0 Å². The maximum Gasteiger partial charge on any atom is 0.390 e. The molecule has 7 heteroatoms. The summed E-state index contributed by atoms with van der Waals surface area (Å²) in [5.41, 5.74) is 2.47. The third kappa shape index (κ3) is 5.26. The fourth-order valence-electron chi connectivity index (χ4n) is 3.17. The van der Waals surface area contributed by atoms with Crippen LogP contribution in [0.15, 0.2) is 12.1 Å². The highest BCUT2D eigenvalue weighted by molar-refractivity contribution is 5.85. The lowest BCUT2D eigenvalue weighted by molar-refractivity contribution is -0.148. The van der Waals surface area contributed by atoms with E-state index in [0.717, 1.165) is 35.5 Å². The lowest BCUT2D eigenvalue weighted by Crippen LogP contribution is -2.46. The Morgan fingerprint density at radius 3 is 2.13 bits per heavy atom. The minimum absolute atomic E-state index is 0. The van der Waals surface area contributed by atoms with Gasteiger partial charge < -0.3 is 10.1 Å². The van der Waals surface area contributed by atoms with Gasteiger partial charge >= 0.3 is 6.18 Å². The molecule has 0 saturated carbocycles. The Balaban J connectivity index is 0.00000264. The molecule has 0 spiro atoms. The van der Waals surface area contributed by atoms with Gasteiger partial charge in [-0.05, 0) is 30.5 Å². The molecule has 1 saturated heterocycles. The van der Waals surface area contributed by atoms with Crippen molar-refractivity contribution in [1.29, 1.82) is 0 Å². The van der Waals surface area contributed by atoms with E-state index in [1.54, 1.807) is 7.11 Å². The molecule has 1 aliphatic heterocycles. The Morgan fingerprint density at radius 2 is 1.70 bits per heavy atom. The van der Waals surface area contributed by atoms with Crippen molar-refractivity contribution in [3.63, 3.8) is 0 Å². The van der Waals surface area contributed by atoms with E-state index in [9.17, 15) is 13.2 Å². The summed E-state index contributed by atoms with van der Waals surface area (Å²) in [7, 11) is 1.58. The Hall–Kier alpha value is -0.980. The second-order valence-corrected chi connectivity index (χ2v) is 5.81. The van der Waals surface area contributed by atoms with Crippen LogP contribution >= 0.6 is 12.4 Å². The van der Waals surface area contributed by atoms with Crippen molar-refractivity contribution in [3.05, 3.63) is 28.8 Å². The van der Waals surface area contributed by atoms with E-state index in [4.69, 9.17) is 4.74 Å². The number of halogens is 4. The number of aryl methyl sites for hydroxylation is 2. The molecule has 1 aromatic rings. The summed E-state index contributed by atoms with van der Waals surface area (Å²) in [6.07, 6.45) is -5.00. The van der Waals surface area contributed by atoms with Crippen LogP contribution in [0.3, 0.4) is 0 Å². The van der Waals surface area contributed by atoms with Gasteiger partial charge in [-0.15, -0.1) is 12.4 Å². The molecule has 1 atom stereocenters. The largest absolute Gasteiger partial charge is 0.496 e. The molecule has 132 valence electrons. The summed E-state index contributed by atoms with van der Waals surface area (Å²) in [5, 5.41) is 3.18. The first-order valence-corrected chi connectivity index (χ1v) is 7.48. The third-order valence-electron chi connectivity index (χ3n) is 4.09. The average molecular weight is 353 g/mol. The van der Waals surface area contributed by atoms with Crippen LogP contribution in [0.4, 0.5) is 13.2 Å². The molecule has 1 aromatic carbocycles. The minimum Gasteiger partial charge on any atom is -0.496 e. The Bertz CT molecular complexity index is 494. The molecular weight excluding hydrogens is 329 g/mol. The van der Waals surface area contributed by atoms with E-state index in [0.29, 0.717) is 13.1 Å². The number of alkyl halides is 3. The lowest BCUT2D eigenvalue weighted by atomic mass is 9.96. The molecule has 0 aromatic heterocycles. The second-order valence-electron chi connectivity index (χ2n) is 5.81. The second kappa shape index (κ2) is 8.22. The van der Waals surface area contributed by atoms with Gasteiger partial charge in [0.15, 0.2) is 0 Å². The normalized spacial score (nSPS) is 17.5. The summed E-state index contributed by atoms with van der Waals surface area (Å²) in [6.45, 7) is 6.45. The maximum absolute atomic E-state index is 13.0. The van der Waals surface area contributed by atoms with Crippen molar-refractivity contribution < 1.29 is 17.9 Å². The number of ether oxygens (including phenoxy) is 1. The highest BCUT2D eigenvalue weighted by atomic mass is 35.5. The van der Waals surface area contributed by atoms with Crippen molar-refractivity contribution in [3.8, 4) is 5.75 Å². The van der Waals surface area contributed by atoms with E-state index >= 15 is 0 Å². The molecule has 0 unspecified atom stereocenters. The number of benzene rings is 1. The summed E-state index contributed by atoms with van der Waals surface area (Å²) in [6, 6.07) is 3.01. The summed E-state index contributed by atoms with van der Waals surface area (Å²) in [4.78, 5) is 1.92. The number of nitrogens with zero attached hydrogens (tertiary/aromatic N) is 1. The number of methoxy groups -OCH3 is 1. The molecule has 1 fully saturated rings. The zero-order chi connectivity index (χ0) is 16.3. The minimum atomic E-state index is -4.18. The van der Waals surface area contributed by atoms with Crippen molar-refractivity contribution in [2.75, 3.05) is 33.3 Å². The van der Waals surface area contributed by atoms with Crippen molar-refractivity contribution >= 4 is 12.4 Å². The Kier molecular flexibility index (Phi) is 7.17. The molecule has 0 amide bonds. The molecule has 2 rings (SSSR count). The number of nitrogens with one attached hydrogen (secondary N) is 1. The number of piperazine rings is 1. The highest BCUT2D eigenvalue weighted by Gasteiger charge is 2.36. The fourth-order valence-corrected chi connectivity index (χ4v) is 3.17. The molecule has 0 aliphatic carbocycles. The molecule has 23 heavy (non-hydrogen) atoms. The Labute approximate surface area is 141 Å². The van der Waals surface area contributed by atoms with Crippen molar-refractivity contribution in [2.45, 2.75) is 32.5 Å². The van der Waals surface area contributed by atoms with Gasteiger partial charge in [0.05, 0.1) is 13.5 Å². The SMILES string of the molecule is COc1c(C)cc([C@H](CC(F)(F)F)N2CCNCC2)cc1C.Cl. The zero-order valence-corrected chi connectivity index (χ0v) is 14.5. The molecule has 1 aliphatic rings. The van der Waals surface area contributed by atoms with E-state index < -0.39 is 18.6 Å². The van der Waals surface area contributed by atoms with Crippen LogP contribution in [-0.2, 0) is 0 Å². The van der Waals surface area contributed by atoms with E-state index in [2.05, 4.69) is 5.32 Å². The first-order chi connectivity index (χ1) is 10.3. The van der Waals surface area contributed by atoms with E-state index in [1.807, 2.05) is 30.9 Å². The molecule has 3 nitrogen and oxygen atoms in total. The average Bonchev–Trinajstić information content (AvgIpc) is 2.44. The molecule has 0 radical (unpaired) electrons. The van der Waals surface area contributed by atoms with Crippen LogP contribution in [0.5, 0.6) is 5.75 Å². The van der Waals surface area contributed by atoms with E-state index in [1.165, 1.54) is 0 Å². The molecule has 1 N–H and O–H groups in total. The lowest BCUT2D eigenvalue weighted by Gasteiger charge is -2.36. The van der Waals surface area contributed by atoms with Gasteiger partial charge in [0.1, 0.15) is 5.75 Å². The Morgan fingerprint density at radius 1 is 1.17 bits per heavy atom. The highest BCUT2D eigenvalue weighted by Crippen LogP contribution is 2.36. The van der Waals surface area contributed by atoms with Gasteiger partial charge in [-0.1, -0.05) is 12.1 Å². The van der Waals surface area contributed by atoms with Crippen LogP contribution in [0, 0.1) is 13.8 Å². The summed E-state index contributed by atoms with van der Waals surface area (Å²) >= 11 is 0. The molecule has 0 bridgehead atoms. The fraction of sp³-hybridized carbons (Fsp3) is 0.625. The predicted octanol–water partition coefficient (Wildman–Crippen LogP) is 3.63.